The number of hydrogen-bond donors (Lipinski definition) is 1. The molecule has 17 heavy (non-hydrogen) atoms. The van der Waals surface area contributed by atoms with Crippen LogP contribution in [0, 0.1) is 11.8 Å². The summed E-state index contributed by atoms with van der Waals surface area (Å²) in [6.45, 7) is 6.93. The number of ether oxygens (including phenoxy) is 1. The first-order chi connectivity index (χ1) is 8.25. The molecule has 0 aromatic heterocycles. The molecule has 4 unspecified atom stereocenters. The Kier molecular flexibility index (Phi) is 5.30. The van der Waals surface area contributed by atoms with E-state index in [0.29, 0.717) is 6.10 Å². The molecule has 2 fully saturated rings. The lowest BCUT2D eigenvalue weighted by Gasteiger charge is -2.34. The molecule has 0 bridgehead atoms. The molecule has 0 spiro atoms. The van der Waals surface area contributed by atoms with Crippen LogP contribution in [0.2, 0.25) is 0 Å². The summed E-state index contributed by atoms with van der Waals surface area (Å²) in [5, 5.41) is 3.77. The normalized spacial score (nSPS) is 39.2. The summed E-state index contributed by atoms with van der Waals surface area (Å²) in [6, 6.07) is 0.752. The Bertz CT molecular complexity index is 213. The van der Waals surface area contributed by atoms with Crippen molar-refractivity contribution in [1.29, 1.82) is 0 Å². The van der Waals surface area contributed by atoms with E-state index in [-0.39, 0.29) is 0 Å². The molecular weight excluding hydrogens is 210 g/mol. The maximum Gasteiger partial charge on any atom is 0.0587 e. The standard InChI is InChI=1S/C15H29NO/c1-12-6-7-13(2)15(11-12)16-9-8-14-5-3-4-10-17-14/h12-16H,3-11H2,1-2H3. The zero-order valence-electron chi connectivity index (χ0n) is 11.6. The molecule has 1 aliphatic heterocycles. The van der Waals surface area contributed by atoms with Crippen LogP contribution in [0.1, 0.15) is 58.8 Å². The molecule has 0 amide bonds. The van der Waals surface area contributed by atoms with E-state index >= 15 is 0 Å². The Hall–Kier alpha value is -0.0800. The van der Waals surface area contributed by atoms with Crippen LogP contribution in [0.4, 0.5) is 0 Å². The van der Waals surface area contributed by atoms with Crippen LogP contribution in [0.3, 0.4) is 0 Å². The van der Waals surface area contributed by atoms with E-state index in [1.165, 1.54) is 44.9 Å². The Morgan fingerprint density at radius 2 is 2.00 bits per heavy atom. The van der Waals surface area contributed by atoms with Gasteiger partial charge in [0.05, 0.1) is 6.10 Å². The van der Waals surface area contributed by atoms with Crippen LogP contribution < -0.4 is 5.32 Å². The van der Waals surface area contributed by atoms with Crippen molar-refractivity contribution < 1.29 is 4.74 Å². The summed E-state index contributed by atoms with van der Waals surface area (Å²) in [5.41, 5.74) is 0. The summed E-state index contributed by atoms with van der Waals surface area (Å²) in [5.74, 6) is 1.77. The molecule has 4 atom stereocenters. The first-order valence-corrected chi connectivity index (χ1v) is 7.60. The highest BCUT2D eigenvalue weighted by Gasteiger charge is 2.25. The maximum absolute atomic E-state index is 5.78. The van der Waals surface area contributed by atoms with Gasteiger partial charge in [-0.1, -0.05) is 20.3 Å². The molecule has 0 aromatic rings. The second kappa shape index (κ2) is 6.75. The summed E-state index contributed by atoms with van der Waals surface area (Å²) in [7, 11) is 0. The summed E-state index contributed by atoms with van der Waals surface area (Å²) < 4.78 is 5.78. The topological polar surface area (TPSA) is 21.3 Å². The molecule has 1 saturated carbocycles. The third kappa shape index (κ3) is 4.26. The average molecular weight is 239 g/mol. The van der Waals surface area contributed by atoms with Gasteiger partial charge in [0.1, 0.15) is 0 Å². The molecule has 2 aliphatic rings. The van der Waals surface area contributed by atoms with Crippen LogP contribution in [0.5, 0.6) is 0 Å². The summed E-state index contributed by atoms with van der Waals surface area (Å²) in [4.78, 5) is 0. The molecule has 1 N–H and O–H groups in total. The van der Waals surface area contributed by atoms with E-state index in [1.807, 2.05) is 0 Å². The minimum absolute atomic E-state index is 0.535. The lowest BCUT2D eigenvalue weighted by Crippen LogP contribution is -2.41. The smallest absolute Gasteiger partial charge is 0.0587 e. The Labute approximate surface area is 107 Å². The van der Waals surface area contributed by atoms with Gasteiger partial charge in [-0.15, -0.1) is 0 Å². The average Bonchev–Trinajstić information content (AvgIpc) is 2.35. The van der Waals surface area contributed by atoms with Crippen molar-refractivity contribution in [3.05, 3.63) is 0 Å². The number of nitrogens with one attached hydrogen (secondary N) is 1. The molecule has 0 aromatic carbocycles. The van der Waals surface area contributed by atoms with Crippen molar-refractivity contribution in [2.75, 3.05) is 13.2 Å². The second-order valence-corrected chi connectivity index (χ2v) is 6.23. The third-order valence-corrected chi connectivity index (χ3v) is 4.60. The van der Waals surface area contributed by atoms with Crippen molar-refractivity contribution in [2.24, 2.45) is 11.8 Å². The first-order valence-electron chi connectivity index (χ1n) is 7.60. The molecule has 0 radical (unpaired) electrons. The highest BCUT2D eigenvalue weighted by atomic mass is 16.5. The van der Waals surface area contributed by atoms with Gasteiger partial charge in [0, 0.05) is 12.6 Å². The van der Waals surface area contributed by atoms with Crippen LogP contribution in [0.25, 0.3) is 0 Å². The predicted octanol–water partition coefficient (Wildman–Crippen LogP) is 3.36. The molecule has 1 aliphatic carbocycles. The quantitative estimate of drug-likeness (QED) is 0.812. The SMILES string of the molecule is CC1CCC(C)C(NCCC2CCCCO2)C1. The van der Waals surface area contributed by atoms with E-state index < -0.39 is 0 Å². The van der Waals surface area contributed by atoms with Gasteiger partial charge in [-0.05, 0) is 56.9 Å². The fourth-order valence-corrected chi connectivity index (χ4v) is 3.28. The highest BCUT2D eigenvalue weighted by Crippen LogP contribution is 2.28. The van der Waals surface area contributed by atoms with E-state index in [0.717, 1.165) is 31.0 Å². The molecule has 100 valence electrons. The minimum Gasteiger partial charge on any atom is -0.378 e. The van der Waals surface area contributed by atoms with E-state index in [9.17, 15) is 0 Å². The molecule has 2 rings (SSSR count). The third-order valence-electron chi connectivity index (χ3n) is 4.60. The Morgan fingerprint density at radius 3 is 2.76 bits per heavy atom. The maximum atomic E-state index is 5.78. The van der Waals surface area contributed by atoms with Crippen molar-refractivity contribution in [3.8, 4) is 0 Å². The monoisotopic (exact) mass is 239 g/mol. The molecule has 1 heterocycles. The van der Waals surface area contributed by atoms with Crippen LogP contribution in [-0.2, 0) is 4.74 Å². The largest absolute Gasteiger partial charge is 0.378 e. The summed E-state index contributed by atoms with van der Waals surface area (Å²) in [6.07, 6.45) is 9.84. The second-order valence-electron chi connectivity index (χ2n) is 6.23. The zero-order chi connectivity index (χ0) is 12.1. The van der Waals surface area contributed by atoms with Gasteiger partial charge in [-0.25, -0.2) is 0 Å². The molecule has 1 saturated heterocycles. The van der Waals surface area contributed by atoms with Gasteiger partial charge < -0.3 is 10.1 Å². The molecule has 2 nitrogen and oxygen atoms in total. The Morgan fingerprint density at radius 1 is 1.12 bits per heavy atom. The number of hydrogen-bond acceptors (Lipinski definition) is 2. The van der Waals surface area contributed by atoms with Crippen LogP contribution in [0.15, 0.2) is 0 Å². The van der Waals surface area contributed by atoms with E-state index in [1.54, 1.807) is 0 Å². The van der Waals surface area contributed by atoms with Crippen molar-refractivity contribution in [2.45, 2.75) is 70.9 Å². The zero-order valence-corrected chi connectivity index (χ0v) is 11.6. The van der Waals surface area contributed by atoms with Gasteiger partial charge in [0.15, 0.2) is 0 Å². The van der Waals surface area contributed by atoms with Crippen LogP contribution in [-0.4, -0.2) is 25.3 Å². The highest BCUT2D eigenvalue weighted by molar-refractivity contribution is 4.81. The van der Waals surface area contributed by atoms with E-state index in [2.05, 4.69) is 19.2 Å². The fraction of sp³-hybridized carbons (Fsp3) is 1.00. The van der Waals surface area contributed by atoms with Gasteiger partial charge in [0.25, 0.3) is 0 Å². The van der Waals surface area contributed by atoms with Gasteiger partial charge >= 0.3 is 0 Å². The minimum atomic E-state index is 0.535. The van der Waals surface area contributed by atoms with Crippen LogP contribution >= 0.6 is 0 Å². The van der Waals surface area contributed by atoms with Crippen molar-refractivity contribution >= 4 is 0 Å². The van der Waals surface area contributed by atoms with E-state index in [4.69, 9.17) is 4.74 Å². The van der Waals surface area contributed by atoms with Crippen molar-refractivity contribution in [3.63, 3.8) is 0 Å². The number of rotatable bonds is 4. The van der Waals surface area contributed by atoms with Gasteiger partial charge in [-0.3, -0.25) is 0 Å². The lowest BCUT2D eigenvalue weighted by molar-refractivity contribution is 0.0106. The molecule has 2 heteroatoms. The summed E-state index contributed by atoms with van der Waals surface area (Å²) >= 11 is 0. The molecular formula is C15H29NO. The van der Waals surface area contributed by atoms with Gasteiger partial charge in [0.2, 0.25) is 0 Å². The van der Waals surface area contributed by atoms with Gasteiger partial charge in [-0.2, -0.15) is 0 Å². The lowest BCUT2D eigenvalue weighted by atomic mass is 9.80. The Balaban J connectivity index is 1.63. The van der Waals surface area contributed by atoms with Crippen molar-refractivity contribution in [1.82, 2.24) is 5.32 Å². The fourth-order valence-electron chi connectivity index (χ4n) is 3.28. The predicted molar refractivity (Wildman–Crippen MR) is 72.2 cm³/mol. The first kappa shape index (κ1) is 13.4.